The van der Waals surface area contributed by atoms with Gasteiger partial charge in [-0.2, -0.15) is 10.1 Å². The Kier molecular flexibility index (Phi) is 9.87. The lowest BCUT2D eigenvalue weighted by Gasteiger charge is -2.39. The van der Waals surface area contributed by atoms with Crippen molar-refractivity contribution in [2.24, 2.45) is 0 Å². The van der Waals surface area contributed by atoms with Gasteiger partial charge >= 0.3 is 0 Å². The number of likely N-dealkylation sites (tertiary alicyclic amines) is 1. The molecular weight excluding hydrogens is 658 g/mol. The van der Waals surface area contributed by atoms with E-state index < -0.39 is 0 Å². The number of aromatic nitrogens is 5. The summed E-state index contributed by atoms with van der Waals surface area (Å²) in [5.41, 5.74) is 7.97. The Labute approximate surface area is 302 Å². The van der Waals surface area contributed by atoms with Crippen LogP contribution in [0.5, 0.6) is 0 Å². The SMILES string of the molecule is Cc1cc(-c2ncnn3cc(CCCCN4CC(c5ccc(N[C@H]6CCC(=O)NC6=O)cc5)C4)cc23)ccc1CNC(=O)c1noc(C(C)(C)C)n1. The number of anilines is 1. The zero-order chi connectivity index (χ0) is 36.4. The second kappa shape index (κ2) is 14.7. The first-order valence-corrected chi connectivity index (χ1v) is 18.0. The summed E-state index contributed by atoms with van der Waals surface area (Å²) < 4.78 is 7.16. The smallest absolute Gasteiger partial charge is 0.292 e. The van der Waals surface area contributed by atoms with E-state index in [9.17, 15) is 14.4 Å². The van der Waals surface area contributed by atoms with E-state index in [1.807, 2.05) is 56.5 Å². The van der Waals surface area contributed by atoms with Gasteiger partial charge in [0, 0.05) is 54.8 Å². The molecule has 0 unspecified atom stereocenters. The van der Waals surface area contributed by atoms with Gasteiger partial charge in [-0.15, -0.1) is 0 Å². The molecular formula is C39H45N9O4. The Morgan fingerprint density at radius 2 is 1.87 bits per heavy atom. The van der Waals surface area contributed by atoms with Crippen molar-refractivity contribution < 1.29 is 18.9 Å². The lowest BCUT2D eigenvalue weighted by molar-refractivity contribution is -0.133. The number of rotatable bonds is 12. The molecule has 270 valence electrons. The Morgan fingerprint density at radius 3 is 2.60 bits per heavy atom. The lowest BCUT2D eigenvalue weighted by Crippen LogP contribution is -2.47. The van der Waals surface area contributed by atoms with Gasteiger partial charge in [0.25, 0.3) is 11.7 Å². The van der Waals surface area contributed by atoms with Crippen LogP contribution in [0.2, 0.25) is 0 Å². The van der Waals surface area contributed by atoms with Crippen LogP contribution in [0, 0.1) is 6.92 Å². The van der Waals surface area contributed by atoms with E-state index in [-0.39, 0.29) is 35.0 Å². The molecule has 5 heterocycles. The van der Waals surface area contributed by atoms with E-state index >= 15 is 0 Å². The third kappa shape index (κ3) is 7.89. The second-order valence-electron chi connectivity index (χ2n) is 15.0. The Balaban J connectivity index is 0.870. The number of hydrogen-bond donors (Lipinski definition) is 3. The van der Waals surface area contributed by atoms with E-state index in [2.05, 4.69) is 71.5 Å². The van der Waals surface area contributed by atoms with Crippen molar-refractivity contribution in [1.29, 1.82) is 0 Å². The van der Waals surface area contributed by atoms with Gasteiger partial charge in [-0.3, -0.25) is 19.7 Å². The number of amides is 3. The van der Waals surface area contributed by atoms with E-state index in [1.165, 1.54) is 11.1 Å². The number of carbonyl (C=O) groups is 3. The third-order valence-corrected chi connectivity index (χ3v) is 9.90. The first-order valence-electron chi connectivity index (χ1n) is 18.0. The summed E-state index contributed by atoms with van der Waals surface area (Å²) in [7, 11) is 0. The fraction of sp³-hybridized carbons (Fsp3) is 0.410. The van der Waals surface area contributed by atoms with Crippen LogP contribution < -0.4 is 16.0 Å². The van der Waals surface area contributed by atoms with Crippen LogP contribution in [0.1, 0.15) is 91.1 Å². The summed E-state index contributed by atoms with van der Waals surface area (Å²) >= 11 is 0. The number of hydrogen-bond acceptors (Lipinski definition) is 10. The molecule has 3 amide bonds. The maximum absolute atomic E-state index is 12.7. The van der Waals surface area contributed by atoms with Crippen molar-refractivity contribution in [3.05, 3.63) is 95.0 Å². The first kappa shape index (κ1) is 35.0. The van der Waals surface area contributed by atoms with Gasteiger partial charge in [0.05, 0.1) is 11.2 Å². The summed E-state index contributed by atoms with van der Waals surface area (Å²) in [4.78, 5) is 47.5. The van der Waals surface area contributed by atoms with Gasteiger partial charge in [-0.1, -0.05) is 50.2 Å². The van der Waals surface area contributed by atoms with Crippen LogP contribution in [0.3, 0.4) is 0 Å². The third-order valence-electron chi connectivity index (χ3n) is 9.90. The van der Waals surface area contributed by atoms with Crippen LogP contribution >= 0.6 is 0 Å². The van der Waals surface area contributed by atoms with Crippen molar-refractivity contribution in [3.8, 4) is 11.3 Å². The lowest BCUT2D eigenvalue weighted by atomic mass is 9.91. The van der Waals surface area contributed by atoms with Gasteiger partial charge in [0.15, 0.2) is 0 Å². The zero-order valence-electron chi connectivity index (χ0n) is 30.1. The number of carbonyl (C=O) groups excluding carboxylic acids is 3. The zero-order valence-corrected chi connectivity index (χ0v) is 30.1. The molecule has 5 aromatic rings. The molecule has 13 heteroatoms. The largest absolute Gasteiger partial charge is 0.374 e. The Bertz CT molecular complexity index is 2090. The van der Waals surface area contributed by atoms with E-state index in [1.54, 1.807) is 6.33 Å². The number of nitrogens with one attached hydrogen (secondary N) is 3. The minimum Gasteiger partial charge on any atom is -0.374 e. The fourth-order valence-electron chi connectivity index (χ4n) is 6.77. The summed E-state index contributed by atoms with van der Waals surface area (Å²) in [5, 5.41) is 16.9. The van der Waals surface area contributed by atoms with E-state index in [0.717, 1.165) is 72.5 Å². The van der Waals surface area contributed by atoms with Gasteiger partial charge in [-0.05, 0) is 85.7 Å². The maximum Gasteiger partial charge on any atom is 0.292 e. The summed E-state index contributed by atoms with van der Waals surface area (Å²) in [5.74, 6) is 0.143. The molecule has 2 aromatic carbocycles. The fourth-order valence-corrected chi connectivity index (χ4v) is 6.77. The van der Waals surface area contributed by atoms with Crippen molar-refractivity contribution in [2.45, 2.75) is 83.7 Å². The Morgan fingerprint density at radius 1 is 1.06 bits per heavy atom. The molecule has 0 spiro atoms. The number of imide groups is 1. The normalized spacial score (nSPS) is 16.9. The van der Waals surface area contributed by atoms with Gasteiger partial charge in [-0.25, -0.2) is 9.50 Å². The summed E-state index contributed by atoms with van der Waals surface area (Å²) in [6.45, 7) is 11.4. The minimum absolute atomic E-state index is 0.0306. The summed E-state index contributed by atoms with van der Waals surface area (Å²) in [6, 6.07) is 16.3. The van der Waals surface area contributed by atoms with Crippen LogP contribution in [0.4, 0.5) is 5.69 Å². The number of piperidine rings is 1. The molecule has 3 N–H and O–H groups in total. The molecule has 13 nitrogen and oxygen atoms in total. The van der Waals surface area contributed by atoms with Crippen LogP contribution in [0.25, 0.3) is 16.8 Å². The number of aryl methyl sites for hydroxylation is 2. The molecule has 0 aliphatic carbocycles. The van der Waals surface area contributed by atoms with Crippen LogP contribution in [0.15, 0.2) is 65.6 Å². The molecule has 2 fully saturated rings. The highest BCUT2D eigenvalue weighted by Crippen LogP contribution is 2.29. The maximum atomic E-state index is 12.7. The van der Waals surface area contributed by atoms with Gasteiger partial charge in [0.1, 0.15) is 12.4 Å². The molecule has 52 heavy (non-hydrogen) atoms. The van der Waals surface area contributed by atoms with Crippen molar-refractivity contribution in [3.63, 3.8) is 0 Å². The molecule has 1 atom stereocenters. The molecule has 0 radical (unpaired) electrons. The standard InChI is InChI=1S/C39H45N9O4/c1-24-17-27(8-9-28(24)19-40-37(51)35-45-38(52-46-35)39(2,3)4)34-32-18-25(20-48(32)42-23-41-34)7-5-6-16-47-21-29(22-47)26-10-12-30(13-11-26)43-31-14-15-33(49)44-36(31)50/h8-13,17-18,20,23,29,31,43H,5-7,14-16,19,21-22H2,1-4H3,(H,40,51)(H,44,49,50)/t31-/m0/s1. The summed E-state index contributed by atoms with van der Waals surface area (Å²) in [6.07, 6.45) is 7.74. The van der Waals surface area contributed by atoms with E-state index in [4.69, 9.17) is 4.52 Å². The van der Waals surface area contributed by atoms with Crippen molar-refractivity contribution in [2.75, 3.05) is 25.0 Å². The van der Waals surface area contributed by atoms with Gasteiger partial charge in [0.2, 0.25) is 17.7 Å². The highest BCUT2D eigenvalue weighted by molar-refractivity contribution is 6.01. The molecule has 3 aromatic heterocycles. The molecule has 0 saturated carbocycles. The number of benzene rings is 2. The van der Waals surface area contributed by atoms with Crippen molar-refractivity contribution in [1.82, 2.24) is 40.3 Å². The highest BCUT2D eigenvalue weighted by atomic mass is 16.5. The second-order valence-corrected chi connectivity index (χ2v) is 15.0. The number of nitrogens with zero attached hydrogens (tertiary/aromatic N) is 6. The highest BCUT2D eigenvalue weighted by Gasteiger charge is 2.29. The molecule has 2 aliphatic heterocycles. The number of fused-ring (bicyclic) bond motifs is 1. The number of unbranched alkanes of at least 4 members (excludes halogenated alkanes) is 1. The Hall–Kier alpha value is -5.43. The molecule has 7 rings (SSSR count). The minimum atomic E-state index is -0.375. The quantitative estimate of drug-likeness (QED) is 0.120. The predicted octanol–water partition coefficient (Wildman–Crippen LogP) is 4.95. The van der Waals surface area contributed by atoms with Gasteiger partial charge < -0.3 is 20.1 Å². The van der Waals surface area contributed by atoms with E-state index in [0.29, 0.717) is 31.2 Å². The topological polar surface area (TPSA) is 160 Å². The van der Waals surface area contributed by atoms with Crippen LogP contribution in [-0.2, 0) is 28.0 Å². The van der Waals surface area contributed by atoms with Crippen molar-refractivity contribution >= 4 is 28.9 Å². The predicted molar refractivity (Wildman–Crippen MR) is 196 cm³/mol. The molecule has 2 aliphatic rings. The van der Waals surface area contributed by atoms with Crippen LogP contribution in [-0.4, -0.2) is 73.0 Å². The monoisotopic (exact) mass is 703 g/mol. The average molecular weight is 704 g/mol. The average Bonchev–Trinajstić information content (AvgIpc) is 3.77. The molecule has 2 saturated heterocycles. The first-order chi connectivity index (χ1) is 25.0. The molecule has 0 bridgehead atoms.